The second kappa shape index (κ2) is 8.33. The van der Waals surface area contributed by atoms with Crippen molar-refractivity contribution in [2.24, 2.45) is 12.0 Å². The van der Waals surface area contributed by atoms with Crippen LogP contribution in [0.5, 0.6) is 0 Å². The van der Waals surface area contributed by atoms with E-state index in [-0.39, 0.29) is 10.8 Å². The Morgan fingerprint density at radius 2 is 1.89 bits per heavy atom. The largest absolute Gasteiger partial charge is 0.357 e. The van der Waals surface area contributed by atoms with Crippen molar-refractivity contribution in [2.75, 3.05) is 13.1 Å². The average molecular weight is 383 g/mol. The van der Waals surface area contributed by atoms with E-state index in [1.54, 1.807) is 11.0 Å². The first-order valence-electron chi connectivity index (χ1n) is 10.3. The first kappa shape index (κ1) is 20.4. The first-order valence-corrected chi connectivity index (χ1v) is 10.3. The number of nitrogens with zero attached hydrogens (tertiary/aromatic N) is 4. The summed E-state index contributed by atoms with van der Waals surface area (Å²) < 4.78 is 1.76. The van der Waals surface area contributed by atoms with Gasteiger partial charge in [-0.2, -0.15) is 5.10 Å². The third-order valence-corrected chi connectivity index (χ3v) is 5.80. The van der Waals surface area contributed by atoms with Crippen molar-refractivity contribution < 1.29 is 0 Å². The van der Waals surface area contributed by atoms with Gasteiger partial charge in [0.15, 0.2) is 5.96 Å². The molecule has 6 nitrogen and oxygen atoms in total. The molecule has 152 valence electrons. The molecule has 0 amide bonds. The number of nitrogens with one attached hydrogen (secondary N) is 2. The average Bonchev–Trinajstić information content (AvgIpc) is 3.03. The zero-order valence-electron chi connectivity index (χ0n) is 17.9. The van der Waals surface area contributed by atoms with Crippen LogP contribution in [-0.2, 0) is 24.4 Å². The Bertz CT molecular complexity index is 793. The first-order chi connectivity index (χ1) is 13.3. The molecule has 0 atom stereocenters. The molecule has 1 aromatic carbocycles. The van der Waals surface area contributed by atoms with E-state index in [0.29, 0.717) is 6.54 Å². The highest BCUT2D eigenvalue weighted by atomic mass is 15.3. The molecule has 3 rings (SSSR count). The van der Waals surface area contributed by atoms with E-state index in [9.17, 15) is 0 Å². The third-order valence-electron chi connectivity index (χ3n) is 5.80. The summed E-state index contributed by atoms with van der Waals surface area (Å²) in [6.45, 7) is 11.1. The predicted octanol–water partition coefficient (Wildman–Crippen LogP) is 3.29. The minimum atomic E-state index is 0.189. The summed E-state index contributed by atoms with van der Waals surface area (Å²) in [6.07, 6.45) is 5.29. The van der Waals surface area contributed by atoms with Crippen LogP contribution in [0.25, 0.3) is 0 Å². The number of aromatic nitrogens is 3. The van der Waals surface area contributed by atoms with E-state index in [2.05, 4.69) is 77.7 Å². The Morgan fingerprint density at radius 3 is 2.39 bits per heavy atom. The van der Waals surface area contributed by atoms with Crippen LogP contribution >= 0.6 is 0 Å². The number of hydrogen-bond acceptors (Lipinski definition) is 3. The molecule has 1 aliphatic rings. The topological polar surface area (TPSA) is 67.1 Å². The van der Waals surface area contributed by atoms with E-state index < -0.39 is 0 Å². The van der Waals surface area contributed by atoms with Gasteiger partial charge in [-0.1, -0.05) is 51.5 Å². The quantitative estimate of drug-likeness (QED) is 0.594. The predicted molar refractivity (Wildman–Crippen MR) is 114 cm³/mol. The van der Waals surface area contributed by atoms with Gasteiger partial charge in [0.2, 0.25) is 0 Å². The van der Waals surface area contributed by atoms with Crippen LogP contribution in [0.15, 0.2) is 35.6 Å². The lowest BCUT2D eigenvalue weighted by molar-refractivity contribution is 0.243. The van der Waals surface area contributed by atoms with E-state index in [0.717, 1.165) is 24.9 Å². The maximum atomic E-state index is 4.69. The van der Waals surface area contributed by atoms with Crippen molar-refractivity contribution in [1.29, 1.82) is 0 Å². The lowest BCUT2D eigenvalue weighted by Gasteiger charge is -2.43. The van der Waals surface area contributed by atoms with Crippen LogP contribution in [0.3, 0.4) is 0 Å². The summed E-state index contributed by atoms with van der Waals surface area (Å²) in [4.78, 5) is 8.94. The van der Waals surface area contributed by atoms with Crippen molar-refractivity contribution in [3.8, 4) is 0 Å². The summed E-state index contributed by atoms with van der Waals surface area (Å²) in [7, 11) is 1.89. The van der Waals surface area contributed by atoms with Gasteiger partial charge in [-0.15, -0.1) is 0 Å². The van der Waals surface area contributed by atoms with E-state index in [1.165, 1.54) is 30.4 Å². The highest BCUT2D eigenvalue weighted by Crippen LogP contribution is 2.43. The molecule has 1 saturated carbocycles. The van der Waals surface area contributed by atoms with Crippen LogP contribution in [0, 0.1) is 0 Å². The summed E-state index contributed by atoms with van der Waals surface area (Å²) >= 11 is 0. The van der Waals surface area contributed by atoms with Gasteiger partial charge in [0.05, 0.1) is 0 Å². The van der Waals surface area contributed by atoms with Gasteiger partial charge in [-0.3, -0.25) is 4.68 Å². The molecule has 0 unspecified atom stereocenters. The standard InChI is InChI=1S/C22H34N6/c1-6-23-20(24-14-19-26-16-27-28(19)5)25-15-22(12-7-13-22)18-10-8-17(9-11-18)21(2,3)4/h8-11,16H,6-7,12-15H2,1-5H3,(H2,23,24,25). The molecule has 1 heterocycles. The van der Waals surface area contributed by atoms with Crippen LogP contribution in [0.2, 0.25) is 0 Å². The number of rotatable bonds is 6. The summed E-state index contributed by atoms with van der Waals surface area (Å²) in [5, 5.41) is 11.0. The van der Waals surface area contributed by atoms with E-state index in [4.69, 9.17) is 0 Å². The molecule has 0 radical (unpaired) electrons. The van der Waals surface area contributed by atoms with Crippen LogP contribution in [0.1, 0.15) is 63.9 Å². The summed E-state index contributed by atoms with van der Waals surface area (Å²) in [5.41, 5.74) is 3.21. The molecule has 1 fully saturated rings. The van der Waals surface area contributed by atoms with Crippen LogP contribution in [-0.4, -0.2) is 33.8 Å². The number of guanidine groups is 1. The smallest absolute Gasteiger partial charge is 0.191 e. The molecule has 28 heavy (non-hydrogen) atoms. The van der Waals surface area contributed by atoms with Gasteiger partial charge in [-0.05, 0) is 36.3 Å². The summed E-state index contributed by atoms with van der Waals surface area (Å²) in [6, 6.07) is 9.24. The lowest BCUT2D eigenvalue weighted by Crippen LogP contribution is -2.49. The minimum Gasteiger partial charge on any atom is -0.357 e. The van der Waals surface area contributed by atoms with Crippen molar-refractivity contribution in [3.05, 3.63) is 47.5 Å². The number of aliphatic imine (C=N–C) groups is 1. The van der Waals surface area contributed by atoms with Gasteiger partial charge in [-0.25, -0.2) is 9.98 Å². The number of benzene rings is 1. The molecule has 2 N–H and O–H groups in total. The Labute approximate surface area is 168 Å². The normalized spacial score (nSPS) is 16.5. The van der Waals surface area contributed by atoms with Crippen molar-refractivity contribution in [1.82, 2.24) is 25.4 Å². The maximum Gasteiger partial charge on any atom is 0.191 e. The third kappa shape index (κ3) is 4.54. The monoisotopic (exact) mass is 382 g/mol. The fourth-order valence-corrected chi connectivity index (χ4v) is 3.70. The molecule has 2 aromatic rings. The van der Waals surface area contributed by atoms with Gasteiger partial charge < -0.3 is 10.6 Å². The Balaban J connectivity index is 1.69. The SMILES string of the molecule is CCNC(=NCc1ncnn1C)NCC1(c2ccc(C(C)(C)C)cc2)CCC1. The molecular formula is C22H34N6. The highest BCUT2D eigenvalue weighted by molar-refractivity contribution is 5.79. The Kier molecular flexibility index (Phi) is 6.06. The molecule has 1 aliphatic carbocycles. The molecule has 0 saturated heterocycles. The number of hydrogen-bond donors (Lipinski definition) is 2. The molecule has 0 aliphatic heterocycles. The second-order valence-electron chi connectivity index (χ2n) is 8.81. The highest BCUT2D eigenvalue weighted by Gasteiger charge is 2.38. The maximum absolute atomic E-state index is 4.69. The van der Waals surface area contributed by atoms with Gasteiger partial charge >= 0.3 is 0 Å². The van der Waals surface area contributed by atoms with Gasteiger partial charge in [0.25, 0.3) is 0 Å². The Hall–Kier alpha value is -2.37. The second-order valence-corrected chi connectivity index (χ2v) is 8.81. The van der Waals surface area contributed by atoms with Crippen LogP contribution < -0.4 is 10.6 Å². The fraction of sp³-hybridized carbons (Fsp3) is 0.591. The fourth-order valence-electron chi connectivity index (χ4n) is 3.70. The zero-order chi connectivity index (χ0) is 20.2. The van der Waals surface area contributed by atoms with Crippen molar-refractivity contribution in [3.63, 3.8) is 0 Å². The molecule has 0 bridgehead atoms. The number of aryl methyl sites for hydroxylation is 1. The van der Waals surface area contributed by atoms with Crippen LogP contribution in [0.4, 0.5) is 0 Å². The Morgan fingerprint density at radius 1 is 1.18 bits per heavy atom. The molecular weight excluding hydrogens is 348 g/mol. The van der Waals surface area contributed by atoms with E-state index >= 15 is 0 Å². The molecule has 0 spiro atoms. The minimum absolute atomic E-state index is 0.189. The van der Waals surface area contributed by atoms with Gasteiger partial charge in [0.1, 0.15) is 18.7 Å². The van der Waals surface area contributed by atoms with Crippen molar-refractivity contribution in [2.45, 2.75) is 64.3 Å². The van der Waals surface area contributed by atoms with E-state index in [1.807, 2.05) is 7.05 Å². The lowest BCUT2D eigenvalue weighted by atomic mass is 9.64. The molecule has 6 heteroatoms. The zero-order valence-corrected chi connectivity index (χ0v) is 17.9. The van der Waals surface area contributed by atoms with Gasteiger partial charge in [0, 0.05) is 25.6 Å². The summed E-state index contributed by atoms with van der Waals surface area (Å²) in [5.74, 6) is 1.69. The van der Waals surface area contributed by atoms with Crippen molar-refractivity contribution >= 4 is 5.96 Å². The molecule has 1 aromatic heterocycles.